The second-order valence-corrected chi connectivity index (χ2v) is 7.67. The summed E-state index contributed by atoms with van der Waals surface area (Å²) >= 11 is 5.67. The summed E-state index contributed by atoms with van der Waals surface area (Å²) in [4.78, 5) is 20.9. The van der Waals surface area contributed by atoms with Crippen LogP contribution in [0.5, 0.6) is 0 Å². The van der Waals surface area contributed by atoms with Crippen LogP contribution < -0.4 is 0 Å². The zero-order valence-electron chi connectivity index (χ0n) is 11.5. The first kappa shape index (κ1) is 16.7. The number of hydrogen-bond donors (Lipinski definition) is 1. The lowest BCUT2D eigenvalue weighted by Crippen LogP contribution is -2.35. The SMILES string of the molecule is CC1(C(=O)O)CCN(S(=O)(=O)c2ccc(Cl)cc2[N+](=O)[O-])C1. The molecule has 10 heteroatoms. The summed E-state index contributed by atoms with van der Waals surface area (Å²) in [6.45, 7) is 1.20. The summed E-state index contributed by atoms with van der Waals surface area (Å²) in [5.41, 5.74) is -1.83. The van der Waals surface area contributed by atoms with E-state index in [9.17, 15) is 23.3 Å². The minimum absolute atomic E-state index is 0.00901. The van der Waals surface area contributed by atoms with Crippen molar-refractivity contribution >= 4 is 33.3 Å². The highest BCUT2D eigenvalue weighted by Crippen LogP contribution is 2.36. The molecule has 1 atom stereocenters. The minimum atomic E-state index is -4.17. The van der Waals surface area contributed by atoms with Gasteiger partial charge < -0.3 is 5.11 Å². The van der Waals surface area contributed by atoms with Crippen molar-refractivity contribution in [3.63, 3.8) is 0 Å². The summed E-state index contributed by atoms with van der Waals surface area (Å²) < 4.78 is 26.1. The fourth-order valence-electron chi connectivity index (χ4n) is 2.29. The monoisotopic (exact) mass is 348 g/mol. The number of carboxylic acid groups (broad SMARTS) is 1. The lowest BCUT2D eigenvalue weighted by Gasteiger charge is -2.20. The first-order valence-electron chi connectivity index (χ1n) is 6.25. The van der Waals surface area contributed by atoms with Crippen molar-refractivity contribution in [2.75, 3.05) is 13.1 Å². The maximum absolute atomic E-state index is 12.6. The zero-order valence-corrected chi connectivity index (χ0v) is 13.1. The second-order valence-electron chi connectivity index (χ2n) is 5.32. The molecule has 1 aromatic rings. The van der Waals surface area contributed by atoms with Crippen LogP contribution in [0.3, 0.4) is 0 Å². The number of carboxylic acids is 1. The summed E-state index contributed by atoms with van der Waals surface area (Å²) in [6, 6.07) is 3.26. The fraction of sp³-hybridized carbons (Fsp3) is 0.417. The topological polar surface area (TPSA) is 118 Å². The minimum Gasteiger partial charge on any atom is -0.481 e. The van der Waals surface area contributed by atoms with Crippen LogP contribution in [0.4, 0.5) is 5.69 Å². The number of aliphatic carboxylic acids is 1. The average molecular weight is 349 g/mol. The van der Waals surface area contributed by atoms with Gasteiger partial charge in [-0.25, -0.2) is 8.42 Å². The van der Waals surface area contributed by atoms with Gasteiger partial charge in [0, 0.05) is 24.2 Å². The zero-order chi connectivity index (χ0) is 16.7. The van der Waals surface area contributed by atoms with E-state index in [1.54, 1.807) is 0 Å². The number of sulfonamides is 1. The summed E-state index contributed by atoms with van der Waals surface area (Å²) in [5, 5.41) is 20.2. The maximum atomic E-state index is 12.6. The van der Waals surface area contributed by atoms with Gasteiger partial charge in [0.1, 0.15) is 0 Å². The molecule has 1 saturated heterocycles. The smallest absolute Gasteiger partial charge is 0.310 e. The van der Waals surface area contributed by atoms with Gasteiger partial charge in [-0.1, -0.05) is 11.6 Å². The van der Waals surface area contributed by atoms with E-state index in [1.165, 1.54) is 13.0 Å². The molecule has 0 saturated carbocycles. The third-order valence-electron chi connectivity index (χ3n) is 3.69. The lowest BCUT2D eigenvalue weighted by atomic mass is 9.90. The molecular formula is C12H13ClN2O6S. The van der Waals surface area contributed by atoms with Gasteiger partial charge in [0.15, 0.2) is 4.90 Å². The van der Waals surface area contributed by atoms with Crippen LogP contribution >= 0.6 is 11.6 Å². The fourth-order valence-corrected chi connectivity index (χ4v) is 4.16. The number of hydrogen-bond acceptors (Lipinski definition) is 5. The molecule has 0 radical (unpaired) electrons. The molecule has 120 valence electrons. The Bertz CT molecular complexity index is 750. The first-order valence-corrected chi connectivity index (χ1v) is 8.07. The molecule has 1 fully saturated rings. The number of nitro groups is 1. The average Bonchev–Trinajstić information content (AvgIpc) is 2.83. The van der Waals surface area contributed by atoms with E-state index in [2.05, 4.69) is 0 Å². The molecule has 1 aliphatic rings. The number of nitrogens with zero attached hydrogens (tertiary/aromatic N) is 2. The third kappa shape index (κ3) is 2.79. The van der Waals surface area contributed by atoms with E-state index in [-0.39, 0.29) is 24.5 Å². The predicted molar refractivity (Wildman–Crippen MR) is 77.2 cm³/mol. The highest BCUT2D eigenvalue weighted by atomic mass is 35.5. The van der Waals surface area contributed by atoms with Crippen LogP contribution in [0.25, 0.3) is 0 Å². The number of nitro benzene ring substituents is 1. The van der Waals surface area contributed by atoms with Gasteiger partial charge in [-0.3, -0.25) is 14.9 Å². The second kappa shape index (κ2) is 5.49. The molecule has 0 amide bonds. The van der Waals surface area contributed by atoms with Gasteiger partial charge in [-0.2, -0.15) is 4.31 Å². The summed E-state index contributed by atoms with van der Waals surface area (Å²) in [5.74, 6) is -1.10. The molecule has 0 spiro atoms. The van der Waals surface area contributed by atoms with Gasteiger partial charge in [0.25, 0.3) is 5.69 Å². The van der Waals surface area contributed by atoms with Crippen molar-refractivity contribution in [2.45, 2.75) is 18.2 Å². The van der Waals surface area contributed by atoms with E-state index in [0.717, 1.165) is 16.4 Å². The van der Waals surface area contributed by atoms with E-state index >= 15 is 0 Å². The van der Waals surface area contributed by atoms with Crippen molar-refractivity contribution in [3.8, 4) is 0 Å². The molecule has 0 bridgehead atoms. The van der Waals surface area contributed by atoms with Gasteiger partial charge in [-0.15, -0.1) is 0 Å². The molecule has 8 nitrogen and oxygen atoms in total. The van der Waals surface area contributed by atoms with Crippen molar-refractivity contribution < 1.29 is 23.2 Å². The number of benzene rings is 1. The quantitative estimate of drug-likeness (QED) is 0.654. The molecular weight excluding hydrogens is 336 g/mol. The molecule has 1 heterocycles. The standard InChI is InChI=1S/C12H13ClN2O6S/c1-12(11(16)17)4-5-14(7-12)22(20,21)10-3-2-8(13)6-9(10)15(18)19/h2-3,6H,4-5,7H2,1H3,(H,16,17). The predicted octanol–water partition coefficient (Wildman–Crippen LogP) is 1.73. The largest absolute Gasteiger partial charge is 0.481 e. The van der Waals surface area contributed by atoms with Gasteiger partial charge in [0.05, 0.1) is 10.3 Å². The summed E-state index contributed by atoms with van der Waals surface area (Å²) in [6.07, 6.45) is 0.142. The van der Waals surface area contributed by atoms with Crippen molar-refractivity contribution in [3.05, 3.63) is 33.3 Å². The van der Waals surface area contributed by atoms with Crippen LogP contribution in [0.15, 0.2) is 23.1 Å². The van der Waals surface area contributed by atoms with E-state index < -0.39 is 36.9 Å². The molecule has 22 heavy (non-hydrogen) atoms. The van der Waals surface area contributed by atoms with Crippen molar-refractivity contribution in [2.24, 2.45) is 5.41 Å². The molecule has 2 rings (SSSR count). The van der Waals surface area contributed by atoms with Crippen LogP contribution in [-0.2, 0) is 14.8 Å². The Morgan fingerprint density at radius 1 is 1.50 bits per heavy atom. The molecule has 1 unspecified atom stereocenters. The lowest BCUT2D eigenvalue weighted by molar-refractivity contribution is -0.387. The van der Waals surface area contributed by atoms with E-state index in [0.29, 0.717) is 0 Å². The van der Waals surface area contributed by atoms with E-state index in [4.69, 9.17) is 16.7 Å². The van der Waals surface area contributed by atoms with Crippen molar-refractivity contribution in [1.29, 1.82) is 0 Å². The first-order chi connectivity index (χ1) is 10.1. The van der Waals surface area contributed by atoms with E-state index in [1.807, 2.05) is 0 Å². The Balaban J connectivity index is 2.45. The molecule has 1 N–H and O–H groups in total. The maximum Gasteiger partial charge on any atom is 0.310 e. The molecule has 0 aliphatic carbocycles. The van der Waals surface area contributed by atoms with Gasteiger partial charge in [0.2, 0.25) is 10.0 Å². The number of rotatable bonds is 4. The van der Waals surface area contributed by atoms with Crippen LogP contribution in [-0.4, -0.2) is 41.8 Å². The number of halogens is 1. The highest BCUT2D eigenvalue weighted by molar-refractivity contribution is 7.89. The Morgan fingerprint density at radius 2 is 2.14 bits per heavy atom. The van der Waals surface area contributed by atoms with Crippen molar-refractivity contribution in [1.82, 2.24) is 4.31 Å². The molecule has 1 aromatic carbocycles. The number of carbonyl (C=O) groups is 1. The Hall–Kier alpha value is -1.71. The highest BCUT2D eigenvalue weighted by Gasteiger charge is 2.46. The normalized spacial score (nSPS) is 22.6. The van der Waals surface area contributed by atoms with Crippen LogP contribution in [0.2, 0.25) is 5.02 Å². The van der Waals surface area contributed by atoms with Gasteiger partial charge in [-0.05, 0) is 25.5 Å². The Morgan fingerprint density at radius 3 is 2.64 bits per heavy atom. The van der Waals surface area contributed by atoms with Crippen LogP contribution in [0.1, 0.15) is 13.3 Å². The van der Waals surface area contributed by atoms with Crippen LogP contribution in [0, 0.1) is 15.5 Å². The molecule has 1 aliphatic heterocycles. The Kier molecular flexibility index (Phi) is 4.16. The Labute approximate surface area is 131 Å². The summed E-state index contributed by atoms with van der Waals surface area (Å²) in [7, 11) is -4.17. The van der Waals surface area contributed by atoms with Gasteiger partial charge >= 0.3 is 5.97 Å². The third-order valence-corrected chi connectivity index (χ3v) is 5.82. The molecule has 0 aromatic heterocycles.